The van der Waals surface area contributed by atoms with Crippen LogP contribution in [0.3, 0.4) is 0 Å². The van der Waals surface area contributed by atoms with Gasteiger partial charge < -0.3 is 5.32 Å². The molecule has 0 amide bonds. The third kappa shape index (κ3) is 2.46. The maximum absolute atomic E-state index is 4.54. The predicted octanol–water partition coefficient (Wildman–Crippen LogP) is 3.21. The van der Waals surface area contributed by atoms with Crippen molar-refractivity contribution in [3.63, 3.8) is 0 Å². The minimum atomic E-state index is 0.152. The summed E-state index contributed by atoms with van der Waals surface area (Å²) in [5, 5.41) is 9.98. The first-order valence-electron chi connectivity index (χ1n) is 6.90. The Balaban J connectivity index is 2.00. The van der Waals surface area contributed by atoms with Gasteiger partial charge in [-0.3, -0.25) is 9.67 Å². The molecular weight excluding hydrogens is 268 g/mol. The lowest BCUT2D eigenvalue weighted by Gasteiger charge is -2.16. The minimum absolute atomic E-state index is 0.152. The van der Waals surface area contributed by atoms with Crippen molar-refractivity contribution in [3.05, 3.63) is 47.2 Å². The Hall–Kier alpha value is -1.72. The summed E-state index contributed by atoms with van der Waals surface area (Å²) >= 11 is 1.73. The minimum Gasteiger partial charge on any atom is -0.306 e. The van der Waals surface area contributed by atoms with Crippen molar-refractivity contribution in [1.29, 1.82) is 0 Å². The number of thiophene rings is 1. The Morgan fingerprint density at radius 3 is 2.95 bits per heavy atom. The van der Waals surface area contributed by atoms with Crippen LogP contribution in [-0.4, -0.2) is 21.3 Å². The van der Waals surface area contributed by atoms with E-state index >= 15 is 0 Å². The molecule has 0 aliphatic rings. The van der Waals surface area contributed by atoms with Gasteiger partial charge in [-0.15, -0.1) is 11.3 Å². The molecule has 0 saturated carbocycles. The van der Waals surface area contributed by atoms with Gasteiger partial charge in [0.15, 0.2) is 0 Å². The zero-order valence-electron chi connectivity index (χ0n) is 11.7. The highest BCUT2D eigenvalue weighted by Gasteiger charge is 2.16. The van der Waals surface area contributed by atoms with E-state index in [9.17, 15) is 0 Å². The van der Waals surface area contributed by atoms with Crippen LogP contribution in [0.4, 0.5) is 0 Å². The van der Waals surface area contributed by atoms with Gasteiger partial charge in [0.2, 0.25) is 0 Å². The normalized spacial score (nSPS) is 12.9. The number of aromatic nitrogens is 3. The molecule has 1 atom stereocenters. The molecule has 0 bridgehead atoms. The van der Waals surface area contributed by atoms with Gasteiger partial charge in [0, 0.05) is 24.5 Å². The maximum atomic E-state index is 4.54. The molecule has 5 heteroatoms. The Kier molecular flexibility index (Phi) is 3.80. The molecular formula is C15H18N4S. The van der Waals surface area contributed by atoms with E-state index in [1.165, 1.54) is 15.8 Å². The summed E-state index contributed by atoms with van der Waals surface area (Å²) in [6, 6.07) is 4.43. The number of rotatable bonds is 5. The Morgan fingerprint density at radius 2 is 2.20 bits per heavy atom. The first-order valence-corrected chi connectivity index (χ1v) is 7.78. The quantitative estimate of drug-likeness (QED) is 0.783. The smallest absolute Gasteiger partial charge is 0.0809 e. The van der Waals surface area contributed by atoms with Gasteiger partial charge in [-0.05, 0) is 36.5 Å². The lowest BCUT2D eigenvalue weighted by molar-refractivity contribution is 0.624. The van der Waals surface area contributed by atoms with Crippen LogP contribution in [-0.2, 0) is 6.54 Å². The lowest BCUT2D eigenvalue weighted by Crippen LogP contribution is -2.21. The zero-order valence-corrected chi connectivity index (χ0v) is 12.5. The van der Waals surface area contributed by atoms with Crippen LogP contribution < -0.4 is 5.32 Å². The number of aryl methyl sites for hydroxylation is 1. The highest BCUT2D eigenvalue weighted by molar-refractivity contribution is 7.17. The second-order valence-corrected chi connectivity index (χ2v) is 5.64. The molecule has 0 saturated heterocycles. The van der Waals surface area contributed by atoms with Gasteiger partial charge in [0.1, 0.15) is 0 Å². The van der Waals surface area contributed by atoms with Crippen LogP contribution >= 0.6 is 11.3 Å². The van der Waals surface area contributed by atoms with Crippen molar-refractivity contribution in [3.8, 4) is 0 Å². The SMILES string of the molecule is CCNC(c1cnc2ccsc2c1)c1cnn(CC)c1. The second-order valence-electron chi connectivity index (χ2n) is 4.69. The van der Waals surface area contributed by atoms with Gasteiger partial charge in [-0.2, -0.15) is 5.10 Å². The summed E-state index contributed by atoms with van der Waals surface area (Å²) in [4.78, 5) is 4.54. The molecule has 3 rings (SSSR count). The summed E-state index contributed by atoms with van der Waals surface area (Å²) in [5.74, 6) is 0. The van der Waals surface area contributed by atoms with Crippen LogP contribution in [0.2, 0.25) is 0 Å². The van der Waals surface area contributed by atoms with E-state index in [1.807, 2.05) is 17.1 Å². The summed E-state index contributed by atoms with van der Waals surface area (Å²) in [6.45, 7) is 6.01. The molecule has 3 aromatic heterocycles. The Bertz CT molecular complexity index is 701. The van der Waals surface area contributed by atoms with Crippen molar-refractivity contribution in [1.82, 2.24) is 20.1 Å². The highest BCUT2D eigenvalue weighted by Crippen LogP contribution is 2.26. The van der Waals surface area contributed by atoms with Crippen LogP contribution in [0.15, 0.2) is 36.1 Å². The van der Waals surface area contributed by atoms with Crippen molar-refractivity contribution in [2.75, 3.05) is 6.54 Å². The van der Waals surface area contributed by atoms with E-state index in [2.05, 4.69) is 53.0 Å². The Labute approximate surface area is 122 Å². The summed E-state index contributed by atoms with van der Waals surface area (Å²) in [6.07, 6.45) is 6.01. The summed E-state index contributed by atoms with van der Waals surface area (Å²) in [5.41, 5.74) is 3.45. The van der Waals surface area contributed by atoms with E-state index in [0.717, 1.165) is 18.6 Å². The van der Waals surface area contributed by atoms with Gasteiger partial charge in [0.05, 0.1) is 22.5 Å². The number of nitrogens with zero attached hydrogens (tertiary/aromatic N) is 3. The molecule has 0 spiro atoms. The standard InChI is InChI=1S/C15H18N4S/c1-3-16-15(12-9-18-19(4-2)10-12)11-7-14-13(17-8-11)5-6-20-14/h5-10,15-16H,3-4H2,1-2H3. The van der Waals surface area contributed by atoms with Gasteiger partial charge in [-0.25, -0.2) is 0 Å². The van der Waals surface area contributed by atoms with Crippen molar-refractivity contribution < 1.29 is 0 Å². The molecule has 0 aliphatic carbocycles. The molecule has 4 nitrogen and oxygen atoms in total. The monoisotopic (exact) mass is 286 g/mol. The fourth-order valence-corrected chi connectivity index (χ4v) is 3.14. The average molecular weight is 286 g/mol. The molecule has 0 aliphatic heterocycles. The number of nitrogens with one attached hydrogen (secondary N) is 1. The molecule has 0 aromatic carbocycles. The Morgan fingerprint density at radius 1 is 1.30 bits per heavy atom. The second kappa shape index (κ2) is 5.73. The van der Waals surface area contributed by atoms with E-state index < -0.39 is 0 Å². The van der Waals surface area contributed by atoms with Crippen LogP contribution in [0.25, 0.3) is 10.2 Å². The van der Waals surface area contributed by atoms with Gasteiger partial charge in [-0.1, -0.05) is 6.92 Å². The highest BCUT2D eigenvalue weighted by atomic mass is 32.1. The first-order chi connectivity index (χ1) is 9.81. The molecule has 0 fully saturated rings. The third-order valence-electron chi connectivity index (χ3n) is 3.38. The van der Waals surface area contributed by atoms with Crippen molar-refractivity contribution in [2.45, 2.75) is 26.4 Å². The molecule has 3 aromatic rings. The molecule has 3 heterocycles. The fourth-order valence-electron chi connectivity index (χ4n) is 2.35. The third-order valence-corrected chi connectivity index (χ3v) is 4.23. The van der Waals surface area contributed by atoms with E-state index in [-0.39, 0.29) is 6.04 Å². The molecule has 20 heavy (non-hydrogen) atoms. The molecule has 0 radical (unpaired) electrons. The lowest BCUT2D eigenvalue weighted by atomic mass is 10.0. The average Bonchev–Trinajstić information content (AvgIpc) is 3.12. The van der Waals surface area contributed by atoms with E-state index in [1.54, 1.807) is 11.3 Å². The van der Waals surface area contributed by atoms with E-state index in [4.69, 9.17) is 0 Å². The van der Waals surface area contributed by atoms with E-state index in [0.29, 0.717) is 0 Å². The fraction of sp³-hybridized carbons (Fsp3) is 0.333. The number of fused-ring (bicyclic) bond motifs is 1. The van der Waals surface area contributed by atoms with Crippen LogP contribution in [0, 0.1) is 0 Å². The molecule has 1 N–H and O–H groups in total. The number of hydrogen-bond acceptors (Lipinski definition) is 4. The van der Waals surface area contributed by atoms with Crippen molar-refractivity contribution in [2.24, 2.45) is 0 Å². The topological polar surface area (TPSA) is 42.7 Å². The molecule has 104 valence electrons. The summed E-state index contributed by atoms with van der Waals surface area (Å²) < 4.78 is 3.19. The number of hydrogen-bond donors (Lipinski definition) is 1. The molecule has 1 unspecified atom stereocenters. The zero-order chi connectivity index (χ0) is 13.9. The van der Waals surface area contributed by atoms with Crippen LogP contribution in [0.1, 0.15) is 31.0 Å². The van der Waals surface area contributed by atoms with Crippen LogP contribution in [0.5, 0.6) is 0 Å². The maximum Gasteiger partial charge on any atom is 0.0809 e. The van der Waals surface area contributed by atoms with Crippen molar-refractivity contribution >= 4 is 21.6 Å². The van der Waals surface area contributed by atoms with Gasteiger partial charge in [0.25, 0.3) is 0 Å². The van der Waals surface area contributed by atoms with Gasteiger partial charge >= 0.3 is 0 Å². The largest absolute Gasteiger partial charge is 0.306 e. The summed E-state index contributed by atoms with van der Waals surface area (Å²) in [7, 11) is 0. The number of pyridine rings is 1. The first kappa shape index (κ1) is 13.3. The predicted molar refractivity (Wildman–Crippen MR) is 83.0 cm³/mol.